The number of hydrogen-bond acceptors (Lipinski definition) is 3. The summed E-state index contributed by atoms with van der Waals surface area (Å²) in [6, 6.07) is 11.6. The Morgan fingerprint density at radius 1 is 1.29 bits per heavy atom. The van der Waals surface area contributed by atoms with Gasteiger partial charge in [0.15, 0.2) is 0 Å². The normalized spacial score (nSPS) is 13.2. The molecule has 0 saturated carbocycles. The van der Waals surface area contributed by atoms with Gasteiger partial charge in [0.05, 0.1) is 16.0 Å². The molecular weight excluding hydrogens is 295 g/mol. The number of halogens is 2. The van der Waals surface area contributed by atoms with Crippen LogP contribution in [0.25, 0.3) is 0 Å². The maximum atomic E-state index is 13.0. The fourth-order valence-electron chi connectivity index (χ4n) is 2.09. The Balaban J connectivity index is 2.58. The van der Waals surface area contributed by atoms with Crippen LogP contribution < -0.4 is 0 Å². The molecular formula is C15H10ClFN2O2. The Morgan fingerprint density at radius 2 is 1.90 bits per heavy atom. The average Bonchev–Trinajstić information content (AvgIpc) is 2.47. The van der Waals surface area contributed by atoms with Gasteiger partial charge in [-0.25, -0.2) is 4.39 Å². The number of rotatable bonds is 3. The SMILES string of the molecule is CC(C#N)(c1ccc(F)cc1)c1ccc([N+](=O)[O-])cc1Cl. The van der Waals surface area contributed by atoms with E-state index in [1.54, 1.807) is 6.92 Å². The molecule has 0 radical (unpaired) electrons. The number of nitriles is 1. The van der Waals surface area contributed by atoms with E-state index < -0.39 is 16.2 Å². The van der Waals surface area contributed by atoms with Gasteiger partial charge in [0.25, 0.3) is 5.69 Å². The molecule has 106 valence electrons. The first-order valence-electron chi connectivity index (χ1n) is 6.00. The monoisotopic (exact) mass is 304 g/mol. The molecule has 1 atom stereocenters. The minimum absolute atomic E-state index is 0.123. The minimum atomic E-state index is -1.13. The Kier molecular flexibility index (Phi) is 3.92. The summed E-state index contributed by atoms with van der Waals surface area (Å²) >= 11 is 6.09. The van der Waals surface area contributed by atoms with Crippen molar-refractivity contribution >= 4 is 17.3 Å². The maximum absolute atomic E-state index is 13.0. The molecule has 2 aromatic carbocycles. The van der Waals surface area contributed by atoms with Crippen molar-refractivity contribution in [2.24, 2.45) is 0 Å². The molecule has 6 heteroatoms. The quantitative estimate of drug-likeness (QED) is 0.630. The first kappa shape index (κ1) is 14.9. The average molecular weight is 305 g/mol. The number of nitrogens with zero attached hydrogens (tertiary/aromatic N) is 2. The largest absolute Gasteiger partial charge is 0.270 e. The number of hydrogen-bond donors (Lipinski definition) is 0. The van der Waals surface area contributed by atoms with E-state index in [1.807, 2.05) is 0 Å². The van der Waals surface area contributed by atoms with E-state index in [9.17, 15) is 19.8 Å². The smallest absolute Gasteiger partial charge is 0.258 e. The van der Waals surface area contributed by atoms with Crippen molar-refractivity contribution in [3.8, 4) is 6.07 Å². The summed E-state index contributed by atoms with van der Waals surface area (Å²) in [5.41, 5.74) is -0.283. The fraction of sp³-hybridized carbons (Fsp3) is 0.133. The van der Waals surface area contributed by atoms with Crippen LogP contribution in [-0.2, 0) is 5.41 Å². The van der Waals surface area contributed by atoms with Crippen LogP contribution in [0.1, 0.15) is 18.1 Å². The molecule has 4 nitrogen and oxygen atoms in total. The first-order chi connectivity index (χ1) is 9.88. The molecule has 0 aliphatic heterocycles. The lowest BCUT2D eigenvalue weighted by Crippen LogP contribution is -2.21. The summed E-state index contributed by atoms with van der Waals surface area (Å²) in [5, 5.41) is 20.4. The Bertz CT molecular complexity index is 740. The fourth-order valence-corrected chi connectivity index (χ4v) is 2.45. The van der Waals surface area contributed by atoms with E-state index in [0.717, 1.165) is 0 Å². The lowest BCUT2D eigenvalue weighted by molar-refractivity contribution is -0.384. The summed E-state index contributed by atoms with van der Waals surface area (Å²) in [4.78, 5) is 10.2. The lowest BCUT2D eigenvalue weighted by atomic mass is 9.77. The third-order valence-corrected chi connectivity index (χ3v) is 3.66. The molecule has 0 aliphatic carbocycles. The van der Waals surface area contributed by atoms with Gasteiger partial charge in [0.2, 0.25) is 0 Å². The molecule has 0 fully saturated rings. The van der Waals surface area contributed by atoms with Crippen LogP contribution in [0, 0.1) is 27.3 Å². The van der Waals surface area contributed by atoms with Gasteiger partial charge in [-0.05, 0) is 36.2 Å². The molecule has 2 rings (SSSR count). The summed E-state index contributed by atoms with van der Waals surface area (Å²) in [7, 11) is 0. The van der Waals surface area contributed by atoms with Gasteiger partial charge in [0.1, 0.15) is 11.2 Å². The number of benzene rings is 2. The van der Waals surface area contributed by atoms with E-state index in [-0.39, 0.29) is 10.7 Å². The topological polar surface area (TPSA) is 66.9 Å². The van der Waals surface area contributed by atoms with Crippen LogP contribution in [0.2, 0.25) is 5.02 Å². The third-order valence-electron chi connectivity index (χ3n) is 3.35. The summed E-state index contributed by atoms with van der Waals surface area (Å²) in [5.74, 6) is -0.408. The molecule has 0 spiro atoms. The molecule has 1 unspecified atom stereocenters. The van der Waals surface area contributed by atoms with Crippen molar-refractivity contribution in [3.05, 3.63) is 74.5 Å². The van der Waals surface area contributed by atoms with Crippen LogP contribution in [0.5, 0.6) is 0 Å². The summed E-state index contributed by atoms with van der Waals surface area (Å²) < 4.78 is 13.0. The van der Waals surface area contributed by atoms with Crippen LogP contribution in [0.15, 0.2) is 42.5 Å². The lowest BCUT2D eigenvalue weighted by Gasteiger charge is -2.23. The van der Waals surface area contributed by atoms with Crippen molar-refractivity contribution < 1.29 is 9.31 Å². The number of non-ortho nitro benzene ring substituents is 1. The second-order valence-electron chi connectivity index (χ2n) is 4.66. The zero-order valence-corrected chi connectivity index (χ0v) is 11.8. The van der Waals surface area contributed by atoms with Gasteiger partial charge in [-0.1, -0.05) is 23.7 Å². The van der Waals surface area contributed by atoms with Crippen molar-refractivity contribution in [1.82, 2.24) is 0 Å². The zero-order chi connectivity index (χ0) is 15.6. The second-order valence-corrected chi connectivity index (χ2v) is 5.07. The number of nitro benzene ring substituents is 1. The molecule has 0 aromatic heterocycles. The van der Waals surface area contributed by atoms with Gasteiger partial charge in [-0.2, -0.15) is 5.26 Å². The van der Waals surface area contributed by atoms with Gasteiger partial charge in [-0.15, -0.1) is 0 Å². The Morgan fingerprint density at radius 3 is 2.38 bits per heavy atom. The van der Waals surface area contributed by atoms with E-state index >= 15 is 0 Å². The highest BCUT2D eigenvalue weighted by Crippen LogP contribution is 2.37. The van der Waals surface area contributed by atoms with Crippen LogP contribution in [0.3, 0.4) is 0 Å². The molecule has 0 bridgehead atoms. The van der Waals surface area contributed by atoms with Crippen molar-refractivity contribution in [2.75, 3.05) is 0 Å². The first-order valence-corrected chi connectivity index (χ1v) is 6.38. The van der Waals surface area contributed by atoms with Gasteiger partial charge >= 0.3 is 0 Å². The molecule has 0 N–H and O–H groups in total. The Hall–Kier alpha value is -2.45. The Labute approximate surface area is 125 Å². The van der Waals surface area contributed by atoms with Crippen LogP contribution >= 0.6 is 11.6 Å². The predicted octanol–water partition coefficient (Wildman–Crippen LogP) is 4.22. The van der Waals surface area contributed by atoms with Gasteiger partial charge < -0.3 is 0 Å². The van der Waals surface area contributed by atoms with Gasteiger partial charge in [0, 0.05) is 12.1 Å². The summed E-state index contributed by atoms with van der Waals surface area (Å²) in [6.45, 7) is 1.63. The van der Waals surface area contributed by atoms with Crippen LogP contribution in [0.4, 0.5) is 10.1 Å². The minimum Gasteiger partial charge on any atom is -0.258 e. The highest BCUT2D eigenvalue weighted by Gasteiger charge is 2.32. The van der Waals surface area contributed by atoms with Crippen molar-refractivity contribution in [1.29, 1.82) is 5.26 Å². The highest BCUT2D eigenvalue weighted by atomic mass is 35.5. The summed E-state index contributed by atoms with van der Waals surface area (Å²) in [6.07, 6.45) is 0. The third kappa shape index (κ3) is 2.71. The van der Waals surface area contributed by atoms with E-state index in [0.29, 0.717) is 11.1 Å². The molecule has 0 amide bonds. The molecule has 21 heavy (non-hydrogen) atoms. The van der Waals surface area contributed by atoms with E-state index in [1.165, 1.54) is 42.5 Å². The highest BCUT2D eigenvalue weighted by molar-refractivity contribution is 6.31. The van der Waals surface area contributed by atoms with Crippen molar-refractivity contribution in [2.45, 2.75) is 12.3 Å². The molecule has 2 aromatic rings. The molecule has 0 saturated heterocycles. The van der Waals surface area contributed by atoms with Crippen LogP contribution in [-0.4, -0.2) is 4.92 Å². The van der Waals surface area contributed by atoms with Gasteiger partial charge in [-0.3, -0.25) is 10.1 Å². The van der Waals surface area contributed by atoms with E-state index in [4.69, 9.17) is 11.6 Å². The predicted molar refractivity (Wildman–Crippen MR) is 76.6 cm³/mol. The zero-order valence-electron chi connectivity index (χ0n) is 11.0. The van der Waals surface area contributed by atoms with E-state index in [2.05, 4.69) is 6.07 Å². The van der Waals surface area contributed by atoms with Crippen molar-refractivity contribution in [3.63, 3.8) is 0 Å². The standard InChI is InChI=1S/C15H10ClFN2O2/c1-15(9-18,10-2-4-11(17)5-3-10)13-7-6-12(19(20)21)8-14(13)16/h2-8H,1H3. The molecule has 0 heterocycles. The second kappa shape index (κ2) is 5.51. The number of nitro groups is 1. The molecule has 0 aliphatic rings. The maximum Gasteiger partial charge on any atom is 0.270 e.